The first-order valence-corrected chi connectivity index (χ1v) is 7.80. The number of hydrogen-bond donors (Lipinski definition) is 0. The average Bonchev–Trinajstić information content (AvgIpc) is 3.06. The van der Waals surface area contributed by atoms with Crippen LogP contribution in [0.1, 0.15) is 0 Å². The van der Waals surface area contributed by atoms with Crippen LogP contribution < -0.4 is 4.74 Å². The van der Waals surface area contributed by atoms with E-state index in [0.717, 1.165) is 21.5 Å². The van der Waals surface area contributed by atoms with Gasteiger partial charge in [-0.1, -0.05) is 42.5 Å². The monoisotopic (exact) mass is 304 g/mol. The van der Waals surface area contributed by atoms with Gasteiger partial charge in [-0.05, 0) is 34.7 Å². The summed E-state index contributed by atoms with van der Waals surface area (Å²) in [5.74, 6) is 1.37. The van der Waals surface area contributed by atoms with E-state index in [9.17, 15) is 0 Å². The molecule has 0 saturated carbocycles. The molecule has 4 rings (SSSR count). The smallest absolute Gasteiger partial charge is 0.231 e. The van der Waals surface area contributed by atoms with Crippen molar-refractivity contribution in [1.29, 1.82) is 0 Å². The van der Waals surface area contributed by atoms with Crippen molar-refractivity contribution in [2.75, 3.05) is 0 Å². The molecule has 0 aliphatic heterocycles. The highest BCUT2D eigenvalue weighted by Crippen LogP contribution is 2.30. The van der Waals surface area contributed by atoms with Crippen molar-refractivity contribution in [2.45, 2.75) is 0 Å². The summed E-state index contributed by atoms with van der Waals surface area (Å²) >= 11 is 1.58. The maximum absolute atomic E-state index is 5.90. The van der Waals surface area contributed by atoms with E-state index in [1.807, 2.05) is 41.8 Å². The van der Waals surface area contributed by atoms with E-state index in [1.54, 1.807) is 11.3 Å². The Morgan fingerprint density at radius 2 is 1.55 bits per heavy atom. The highest BCUT2D eigenvalue weighted by molar-refractivity contribution is 7.16. The summed E-state index contributed by atoms with van der Waals surface area (Å²) in [6.45, 7) is 0. The first-order valence-electron chi connectivity index (χ1n) is 6.92. The molecule has 0 radical (unpaired) electrons. The van der Waals surface area contributed by atoms with Gasteiger partial charge in [0.15, 0.2) is 0 Å². The van der Waals surface area contributed by atoms with Crippen molar-refractivity contribution in [2.24, 2.45) is 0 Å². The van der Waals surface area contributed by atoms with Crippen molar-refractivity contribution >= 4 is 21.6 Å². The van der Waals surface area contributed by atoms with Gasteiger partial charge >= 0.3 is 0 Å². The van der Waals surface area contributed by atoms with Gasteiger partial charge in [-0.25, -0.2) is 9.97 Å². The minimum Gasteiger partial charge on any atom is -0.438 e. The van der Waals surface area contributed by atoms with Crippen LogP contribution >= 0.6 is 11.3 Å². The minimum atomic E-state index is 0.596. The summed E-state index contributed by atoms with van der Waals surface area (Å²) in [6.07, 6.45) is 1.53. The third-order valence-electron chi connectivity index (χ3n) is 3.40. The van der Waals surface area contributed by atoms with Crippen molar-refractivity contribution < 1.29 is 4.74 Å². The first-order chi connectivity index (χ1) is 10.9. The van der Waals surface area contributed by atoms with Gasteiger partial charge in [-0.3, -0.25) is 0 Å². The normalized spacial score (nSPS) is 10.7. The number of fused-ring (bicyclic) bond motifs is 1. The second kappa shape index (κ2) is 5.58. The Bertz CT molecular complexity index is 901. The molecule has 0 atom stereocenters. The summed E-state index contributed by atoms with van der Waals surface area (Å²) in [7, 11) is 0. The lowest BCUT2D eigenvalue weighted by molar-refractivity contribution is 0.468. The van der Waals surface area contributed by atoms with Crippen molar-refractivity contribution in [3.05, 3.63) is 72.4 Å². The standard InChI is InChI=1S/C18H12N2OS/c1-2-4-13(5-3-1)14-6-8-15(9-7-14)21-17-16-10-11-22-18(16)20-12-19-17/h1-12H. The molecule has 0 aliphatic carbocycles. The van der Waals surface area contributed by atoms with E-state index in [4.69, 9.17) is 4.74 Å². The van der Waals surface area contributed by atoms with Crippen molar-refractivity contribution in [3.8, 4) is 22.8 Å². The van der Waals surface area contributed by atoms with Crippen molar-refractivity contribution in [1.82, 2.24) is 9.97 Å². The zero-order valence-electron chi connectivity index (χ0n) is 11.6. The Hall–Kier alpha value is -2.72. The molecule has 3 nitrogen and oxygen atoms in total. The first kappa shape index (κ1) is 13.0. The predicted octanol–water partition coefficient (Wildman–Crippen LogP) is 5.15. The summed E-state index contributed by atoms with van der Waals surface area (Å²) in [5, 5.41) is 2.93. The highest BCUT2D eigenvalue weighted by atomic mass is 32.1. The van der Waals surface area contributed by atoms with Crippen LogP contribution in [0.5, 0.6) is 11.6 Å². The van der Waals surface area contributed by atoms with Gasteiger partial charge in [-0.15, -0.1) is 11.3 Å². The zero-order chi connectivity index (χ0) is 14.8. The van der Waals surface area contributed by atoms with Gasteiger partial charge in [0, 0.05) is 0 Å². The molecule has 4 heteroatoms. The maximum Gasteiger partial charge on any atom is 0.231 e. The molecule has 2 aromatic carbocycles. The number of rotatable bonds is 3. The van der Waals surface area contributed by atoms with E-state index in [-0.39, 0.29) is 0 Å². The zero-order valence-corrected chi connectivity index (χ0v) is 12.5. The van der Waals surface area contributed by atoms with Gasteiger partial charge in [0.05, 0.1) is 5.39 Å². The quantitative estimate of drug-likeness (QED) is 0.525. The average molecular weight is 304 g/mol. The van der Waals surface area contributed by atoms with Gasteiger partial charge < -0.3 is 4.74 Å². The van der Waals surface area contributed by atoms with Gasteiger partial charge in [0.1, 0.15) is 16.9 Å². The van der Waals surface area contributed by atoms with Crippen LogP contribution in [-0.2, 0) is 0 Å². The largest absolute Gasteiger partial charge is 0.438 e. The number of hydrogen-bond acceptors (Lipinski definition) is 4. The fraction of sp³-hybridized carbons (Fsp3) is 0. The summed E-state index contributed by atoms with van der Waals surface area (Å²) in [6, 6.07) is 20.3. The second-order valence-corrected chi connectivity index (χ2v) is 5.71. The maximum atomic E-state index is 5.90. The Labute approximate surface area is 131 Å². The van der Waals surface area contributed by atoms with Crippen LogP contribution in [-0.4, -0.2) is 9.97 Å². The Balaban J connectivity index is 1.63. The molecule has 0 saturated heterocycles. The molecular weight excluding hydrogens is 292 g/mol. The second-order valence-electron chi connectivity index (χ2n) is 4.81. The van der Waals surface area contributed by atoms with E-state index >= 15 is 0 Å². The molecule has 2 aromatic heterocycles. The molecule has 22 heavy (non-hydrogen) atoms. The van der Waals surface area contributed by atoms with E-state index in [1.165, 1.54) is 11.9 Å². The van der Waals surface area contributed by atoms with Crippen LogP contribution in [0.2, 0.25) is 0 Å². The topological polar surface area (TPSA) is 35.0 Å². The van der Waals surface area contributed by atoms with Gasteiger partial charge in [-0.2, -0.15) is 0 Å². The number of aromatic nitrogens is 2. The molecule has 4 aromatic rings. The third-order valence-corrected chi connectivity index (χ3v) is 4.22. The number of thiophene rings is 1. The molecule has 2 heterocycles. The lowest BCUT2D eigenvalue weighted by Gasteiger charge is -2.07. The van der Waals surface area contributed by atoms with Crippen LogP contribution in [0.4, 0.5) is 0 Å². The number of ether oxygens (including phenoxy) is 1. The van der Waals surface area contributed by atoms with Crippen molar-refractivity contribution in [3.63, 3.8) is 0 Å². The van der Waals surface area contributed by atoms with Gasteiger partial charge in [0.25, 0.3) is 0 Å². The molecule has 0 N–H and O–H groups in total. The Morgan fingerprint density at radius 1 is 0.773 bits per heavy atom. The molecule has 0 bridgehead atoms. The molecular formula is C18H12N2OS. The highest BCUT2D eigenvalue weighted by Gasteiger charge is 2.07. The third kappa shape index (κ3) is 2.44. The minimum absolute atomic E-state index is 0.596. The molecule has 0 fully saturated rings. The lowest BCUT2D eigenvalue weighted by atomic mass is 10.1. The molecule has 106 valence electrons. The molecule has 0 spiro atoms. The Morgan fingerprint density at radius 3 is 2.36 bits per heavy atom. The number of benzene rings is 2. The fourth-order valence-electron chi connectivity index (χ4n) is 2.31. The predicted molar refractivity (Wildman–Crippen MR) is 89.4 cm³/mol. The molecule has 0 unspecified atom stereocenters. The summed E-state index contributed by atoms with van der Waals surface area (Å²) in [4.78, 5) is 9.39. The summed E-state index contributed by atoms with van der Waals surface area (Å²) in [5.41, 5.74) is 2.35. The summed E-state index contributed by atoms with van der Waals surface area (Å²) < 4.78 is 5.90. The van der Waals surface area contributed by atoms with Crippen LogP contribution in [0.25, 0.3) is 21.3 Å². The van der Waals surface area contributed by atoms with Crippen LogP contribution in [0, 0.1) is 0 Å². The van der Waals surface area contributed by atoms with E-state index in [2.05, 4.69) is 34.2 Å². The molecule has 0 aliphatic rings. The van der Waals surface area contributed by atoms with Gasteiger partial charge in [0.2, 0.25) is 5.88 Å². The molecule has 0 amide bonds. The van der Waals surface area contributed by atoms with Crippen LogP contribution in [0.3, 0.4) is 0 Å². The van der Waals surface area contributed by atoms with Crippen LogP contribution in [0.15, 0.2) is 72.4 Å². The van der Waals surface area contributed by atoms with E-state index < -0.39 is 0 Å². The lowest BCUT2D eigenvalue weighted by Crippen LogP contribution is -1.89. The fourth-order valence-corrected chi connectivity index (χ4v) is 3.03. The van der Waals surface area contributed by atoms with E-state index in [0.29, 0.717) is 5.88 Å². The Kier molecular flexibility index (Phi) is 3.29. The number of nitrogens with zero attached hydrogens (tertiary/aromatic N) is 2. The SMILES string of the molecule is c1ccc(-c2ccc(Oc3ncnc4sccc34)cc2)cc1.